The number of methoxy groups -OCH3 is 4. The van der Waals surface area contributed by atoms with Crippen molar-refractivity contribution in [2.75, 3.05) is 32.9 Å². The van der Waals surface area contributed by atoms with Crippen LogP contribution >= 0.6 is 16.1 Å². The molecule has 0 bridgehead atoms. The van der Waals surface area contributed by atoms with Crippen LogP contribution in [0.5, 0.6) is 23.0 Å². The van der Waals surface area contributed by atoms with E-state index in [1.165, 1.54) is 94.8 Å². The predicted molar refractivity (Wildman–Crippen MR) is 221 cm³/mol. The fourth-order valence-electron chi connectivity index (χ4n) is 7.71. The van der Waals surface area contributed by atoms with Crippen molar-refractivity contribution in [1.29, 1.82) is 0 Å². The van der Waals surface area contributed by atoms with E-state index in [-0.39, 0.29) is 0 Å². The molecule has 53 heavy (non-hydrogen) atoms. The zero-order chi connectivity index (χ0) is 36.1. The third kappa shape index (κ3) is 7.04. The summed E-state index contributed by atoms with van der Waals surface area (Å²) in [7, 11) is 4.69. The molecule has 0 spiro atoms. The van der Waals surface area contributed by atoms with E-state index >= 15 is 0 Å². The fraction of sp³-hybridized carbons (Fsp3) is 0.348. The van der Waals surface area contributed by atoms with Crippen molar-refractivity contribution >= 4 is 43.1 Å². The van der Waals surface area contributed by atoms with Crippen molar-refractivity contribution in [2.24, 2.45) is 0 Å². The van der Waals surface area contributed by atoms with Gasteiger partial charge in [-0.15, -0.1) is 0 Å². The number of benzene rings is 5. The van der Waals surface area contributed by atoms with Crippen molar-refractivity contribution in [3.63, 3.8) is 0 Å². The summed E-state index contributed by atoms with van der Waals surface area (Å²) in [5.41, 5.74) is 6.58. The van der Waals surface area contributed by atoms with Crippen LogP contribution in [0.15, 0.2) is 103 Å². The summed E-state index contributed by atoms with van der Waals surface area (Å²) in [6, 6.07) is 38.9. The Kier molecular flexibility index (Phi) is 9.60. The lowest BCUT2D eigenvalue weighted by atomic mass is 10.1. The average Bonchev–Trinajstić information content (AvgIpc) is 4.03. The monoisotopic (exact) mass is 741 g/mol. The molecule has 9 rings (SSSR count). The second-order valence-corrected chi connectivity index (χ2v) is 19.4. The zero-order valence-electron chi connectivity index (χ0n) is 31.3. The number of hydrogen-bond donors (Lipinski definition) is 0. The van der Waals surface area contributed by atoms with Crippen LogP contribution in [-0.2, 0) is 0 Å². The quantitative estimate of drug-likeness (QED) is 0.1000. The van der Waals surface area contributed by atoms with E-state index in [0.717, 1.165) is 28.7 Å². The van der Waals surface area contributed by atoms with Crippen molar-refractivity contribution in [3.8, 4) is 23.0 Å². The molecule has 0 N–H and O–H groups in total. The van der Waals surface area contributed by atoms with Gasteiger partial charge in [-0.3, -0.25) is 0 Å². The number of anilines is 1. The zero-order valence-corrected chi connectivity index (χ0v) is 33.0. The molecule has 0 unspecified atom stereocenters. The van der Waals surface area contributed by atoms with Gasteiger partial charge in [-0.1, -0.05) is 42.5 Å². The Morgan fingerprint density at radius 2 is 0.679 bits per heavy atom. The summed E-state index contributed by atoms with van der Waals surface area (Å²) in [6.07, 6.45) is 9.91. The van der Waals surface area contributed by atoms with E-state index in [1.54, 1.807) is 0 Å². The summed E-state index contributed by atoms with van der Waals surface area (Å²) in [5.74, 6) is 6.16. The SMILES string of the molecule is COc1cc(C2CC2)ccc1P(c1ccc(C2CC2)cc1OC)N(c1ccccc1)P(c1ccc(C2CC2)cc1OC)c1ccc(C2CC2)cc1OC. The molecule has 4 aliphatic carbocycles. The lowest BCUT2D eigenvalue weighted by Gasteiger charge is -2.42. The van der Waals surface area contributed by atoms with E-state index in [1.807, 2.05) is 28.4 Å². The highest BCUT2D eigenvalue weighted by molar-refractivity contribution is 7.91. The maximum absolute atomic E-state index is 6.38. The smallest absolute Gasteiger partial charge is 0.128 e. The Balaban J connectivity index is 1.33. The highest BCUT2D eigenvalue weighted by Gasteiger charge is 2.40. The van der Waals surface area contributed by atoms with E-state index in [9.17, 15) is 0 Å². The van der Waals surface area contributed by atoms with Crippen molar-refractivity contribution < 1.29 is 18.9 Å². The van der Waals surface area contributed by atoms with Gasteiger partial charge in [0.2, 0.25) is 0 Å². The van der Waals surface area contributed by atoms with Gasteiger partial charge < -0.3 is 23.4 Å². The van der Waals surface area contributed by atoms with E-state index in [4.69, 9.17) is 18.9 Å². The highest BCUT2D eigenvalue weighted by Crippen LogP contribution is 2.61. The maximum atomic E-state index is 6.38. The van der Waals surface area contributed by atoms with Crippen LogP contribution in [0.2, 0.25) is 0 Å². The van der Waals surface area contributed by atoms with Gasteiger partial charge in [-0.25, -0.2) is 0 Å². The maximum Gasteiger partial charge on any atom is 0.128 e. The minimum Gasteiger partial charge on any atom is -0.496 e. The van der Waals surface area contributed by atoms with Crippen LogP contribution in [0.4, 0.5) is 5.69 Å². The van der Waals surface area contributed by atoms with Gasteiger partial charge in [0.15, 0.2) is 0 Å². The van der Waals surface area contributed by atoms with E-state index in [2.05, 4.69) is 108 Å². The molecule has 4 saturated carbocycles. The second kappa shape index (κ2) is 14.7. The average molecular weight is 742 g/mol. The predicted octanol–water partition coefficient (Wildman–Crippen LogP) is 10.1. The molecule has 5 aromatic rings. The molecule has 0 saturated heterocycles. The topological polar surface area (TPSA) is 40.2 Å². The Bertz CT molecular complexity index is 1850. The number of hydrogen-bond acceptors (Lipinski definition) is 5. The van der Waals surface area contributed by atoms with Crippen LogP contribution in [0.3, 0.4) is 0 Å². The molecular formula is C46H49NO4P2. The third-order valence-corrected chi connectivity index (χ3v) is 16.9. The molecule has 0 atom stereocenters. The summed E-state index contributed by atoms with van der Waals surface area (Å²) in [6.45, 7) is 0. The van der Waals surface area contributed by atoms with Gasteiger partial charge in [-0.05, 0) is 158 Å². The van der Waals surface area contributed by atoms with Crippen LogP contribution < -0.4 is 44.6 Å². The molecule has 0 aliphatic heterocycles. The Labute approximate surface area is 317 Å². The number of nitrogens with zero attached hydrogens (tertiary/aromatic N) is 1. The molecule has 0 aromatic heterocycles. The van der Waals surface area contributed by atoms with Crippen LogP contribution in [0.25, 0.3) is 0 Å². The van der Waals surface area contributed by atoms with Gasteiger partial charge >= 0.3 is 0 Å². The lowest BCUT2D eigenvalue weighted by Crippen LogP contribution is -2.33. The highest BCUT2D eigenvalue weighted by atomic mass is 31.2. The molecular weight excluding hydrogens is 692 g/mol. The summed E-state index contributed by atoms with van der Waals surface area (Å²) in [5, 5.41) is 4.68. The van der Waals surface area contributed by atoms with Gasteiger partial charge in [0.1, 0.15) is 23.0 Å². The van der Waals surface area contributed by atoms with Gasteiger partial charge in [0.05, 0.1) is 44.6 Å². The normalized spacial score (nSPS) is 16.9. The first kappa shape index (κ1) is 34.7. The van der Waals surface area contributed by atoms with Crippen LogP contribution in [0.1, 0.15) is 97.3 Å². The standard InChI is InChI=1S/C46H49NO4P2/c1-48-39-26-34(30-10-11-30)18-22-43(39)52(44-23-19-35(31-12-13-31)27-40(44)49-2)47(38-8-6-5-7-9-38)53(45-24-20-36(32-14-15-32)28-41(45)50-3)46-25-21-37(33-16-17-33)29-42(46)51-4/h5-9,18-33H,10-17H2,1-4H3. The number of rotatable bonds is 15. The number of ether oxygens (including phenoxy) is 4. The summed E-state index contributed by atoms with van der Waals surface area (Å²) < 4.78 is 28.2. The van der Waals surface area contributed by atoms with Gasteiger partial charge in [0.25, 0.3) is 0 Å². The van der Waals surface area contributed by atoms with E-state index < -0.39 is 16.1 Å². The van der Waals surface area contributed by atoms with Crippen LogP contribution in [0, 0.1) is 0 Å². The first-order chi connectivity index (χ1) is 26.1. The molecule has 4 fully saturated rings. The second-order valence-electron chi connectivity index (χ2n) is 15.1. The summed E-state index contributed by atoms with van der Waals surface area (Å²) in [4.78, 5) is 0. The molecule has 0 heterocycles. The Hall–Kier alpha value is -4.04. The van der Waals surface area contributed by atoms with E-state index in [0.29, 0.717) is 23.7 Å². The first-order valence-electron chi connectivity index (χ1n) is 19.3. The Morgan fingerprint density at radius 3 is 0.925 bits per heavy atom. The van der Waals surface area contributed by atoms with Gasteiger partial charge in [0, 0.05) is 26.9 Å². The first-order valence-corrected chi connectivity index (χ1v) is 21.8. The minimum absolute atomic E-state index is 0.613. The lowest BCUT2D eigenvalue weighted by molar-refractivity contribution is 0.417. The molecule has 7 heteroatoms. The number of para-hydroxylation sites is 1. The van der Waals surface area contributed by atoms with Crippen molar-refractivity contribution in [3.05, 3.63) is 125 Å². The molecule has 4 aliphatic rings. The molecule has 5 nitrogen and oxygen atoms in total. The molecule has 0 radical (unpaired) electrons. The minimum atomic E-state index is -1.30. The molecule has 0 amide bonds. The fourth-order valence-corrected chi connectivity index (χ4v) is 14.0. The van der Waals surface area contributed by atoms with Crippen LogP contribution in [-0.4, -0.2) is 28.4 Å². The third-order valence-electron chi connectivity index (χ3n) is 11.3. The van der Waals surface area contributed by atoms with Gasteiger partial charge in [-0.2, -0.15) is 0 Å². The molecule has 272 valence electrons. The molecule has 5 aromatic carbocycles. The largest absolute Gasteiger partial charge is 0.496 e. The summed E-state index contributed by atoms with van der Waals surface area (Å²) >= 11 is 0. The van der Waals surface area contributed by atoms with Crippen molar-refractivity contribution in [2.45, 2.75) is 75.0 Å². The Morgan fingerprint density at radius 1 is 0.396 bits per heavy atom. The van der Waals surface area contributed by atoms with Crippen molar-refractivity contribution in [1.82, 2.24) is 0 Å².